The van der Waals surface area contributed by atoms with Crippen LogP contribution in [0.1, 0.15) is 0 Å². The summed E-state index contributed by atoms with van der Waals surface area (Å²) in [5.74, 6) is -0.602. The Hall–Kier alpha value is -1.17. The highest BCUT2D eigenvalue weighted by atomic mass is 79.9. The number of ether oxygens (including phenoxy) is 1. The minimum atomic E-state index is -0.887. The summed E-state index contributed by atoms with van der Waals surface area (Å²) < 4.78 is 18.1. The van der Waals surface area contributed by atoms with E-state index in [2.05, 4.69) is 15.9 Å². The zero-order chi connectivity index (χ0) is 10.6. The van der Waals surface area contributed by atoms with Crippen LogP contribution in [0.2, 0.25) is 0 Å². The van der Waals surface area contributed by atoms with E-state index in [1.807, 2.05) is 0 Å². The molecule has 0 atom stereocenters. The maximum atomic E-state index is 13.0. The molecule has 0 saturated heterocycles. The molecule has 0 fully saturated rings. The summed E-state index contributed by atoms with van der Waals surface area (Å²) in [4.78, 5) is 9.49. The quantitative estimate of drug-likeness (QED) is 0.477. The van der Waals surface area contributed by atoms with Gasteiger partial charge in [0.15, 0.2) is 0 Å². The average Bonchev–Trinajstić information content (AvgIpc) is 2.14. The third kappa shape index (κ3) is 2.66. The van der Waals surface area contributed by atoms with E-state index < -0.39 is 16.4 Å². The third-order valence-corrected chi connectivity index (χ3v) is 1.79. The summed E-state index contributed by atoms with van der Waals surface area (Å²) in [7, 11) is 0. The monoisotopic (exact) mass is 263 g/mol. The summed E-state index contributed by atoms with van der Waals surface area (Å²) in [6.07, 6.45) is 0. The molecule has 6 heteroatoms. The number of alkyl halides is 1. The first-order valence-corrected chi connectivity index (χ1v) is 4.90. The summed E-state index contributed by atoms with van der Waals surface area (Å²) in [5.41, 5.74) is -0.545. The van der Waals surface area contributed by atoms with E-state index in [4.69, 9.17) is 4.74 Å². The molecule has 0 aliphatic heterocycles. The van der Waals surface area contributed by atoms with E-state index in [9.17, 15) is 14.5 Å². The molecule has 0 bridgehead atoms. The number of nitro benzene ring substituents is 1. The summed E-state index contributed by atoms with van der Waals surface area (Å²) in [6.45, 7) is 0.386. The molecule has 14 heavy (non-hydrogen) atoms. The number of benzene rings is 1. The van der Waals surface area contributed by atoms with E-state index in [1.165, 1.54) is 6.07 Å². The van der Waals surface area contributed by atoms with Crippen LogP contribution < -0.4 is 4.74 Å². The van der Waals surface area contributed by atoms with Crippen molar-refractivity contribution in [2.75, 3.05) is 11.9 Å². The molecule has 0 radical (unpaired) electrons. The van der Waals surface area contributed by atoms with Crippen LogP contribution in [0.3, 0.4) is 0 Å². The molecule has 1 rings (SSSR count). The number of nitro groups is 1. The van der Waals surface area contributed by atoms with Gasteiger partial charge in [-0.1, -0.05) is 15.9 Å². The van der Waals surface area contributed by atoms with Crippen LogP contribution >= 0.6 is 15.9 Å². The van der Waals surface area contributed by atoms with Gasteiger partial charge in [0, 0.05) is 17.5 Å². The summed E-state index contributed by atoms with van der Waals surface area (Å²) >= 11 is 3.14. The van der Waals surface area contributed by atoms with Crippen molar-refractivity contribution in [3.8, 4) is 5.75 Å². The van der Waals surface area contributed by atoms with Crippen molar-refractivity contribution in [3.05, 3.63) is 34.1 Å². The lowest BCUT2D eigenvalue weighted by atomic mass is 10.3. The van der Waals surface area contributed by atoms with Gasteiger partial charge >= 0.3 is 5.69 Å². The van der Waals surface area contributed by atoms with Crippen molar-refractivity contribution in [1.29, 1.82) is 0 Å². The second-order valence-electron chi connectivity index (χ2n) is 2.41. The minimum Gasteiger partial charge on any atom is -0.493 e. The first-order chi connectivity index (χ1) is 6.65. The largest absolute Gasteiger partial charge is 0.493 e. The molecule has 1 aromatic carbocycles. The Labute approximate surface area is 88.0 Å². The molecule has 0 spiro atoms. The highest BCUT2D eigenvalue weighted by Crippen LogP contribution is 2.22. The predicted octanol–water partition coefficient (Wildman–Crippen LogP) is 2.51. The maximum Gasteiger partial charge on any atom is 0.305 e. The van der Waals surface area contributed by atoms with Crippen molar-refractivity contribution in [2.45, 2.75) is 0 Å². The van der Waals surface area contributed by atoms with Crippen LogP contribution in [-0.2, 0) is 0 Å². The standard InChI is InChI=1S/C8H7BrFNO3/c9-3-4-14-6-1-2-8(11(12)13)7(10)5-6/h1-2,5H,3-4H2. The van der Waals surface area contributed by atoms with E-state index in [0.29, 0.717) is 11.9 Å². The van der Waals surface area contributed by atoms with Crippen LogP contribution in [0, 0.1) is 15.9 Å². The Bertz CT molecular complexity index is 345. The van der Waals surface area contributed by atoms with Gasteiger partial charge in [0.2, 0.25) is 5.82 Å². The van der Waals surface area contributed by atoms with Crippen LogP contribution in [-0.4, -0.2) is 16.9 Å². The number of rotatable bonds is 4. The first kappa shape index (κ1) is 10.9. The lowest BCUT2D eigenvalue weighted by Gasteiger charge is -2.03. The Morgan fingerprint density at radius 3 is 2.79 bits per heavy atom. The highest BCUT2D eigenvalue weighted by molar-refractivity contribution is 9.09. The van der Waals surface area contributed by atoms with Gasteiger partial charge in [-0.25, -0.2) is 0 Å². The van der Waals surface area contributed by atoms with Crippen LogP contribution in [0.5, 0.6) is 5.75 Å². The molecule has 0 aliphatic carbocycles. The Kier molecular flexibility index (Phi) is 3.82. The highest BCUT2D eigenvalue weighted by Gasteiger charge is 2.13. The van der Waals surface area contributed by atoms with Crippen molar-refractivity contribution in [3.63, 3.8) is 0 Å². The van der Waals surface area contributed by atoms with Gasteiger partial charge in [-0.05, 0) is 6.07 Å². The van der Waals surface area contributed by atoms with Gasteiger partial charge in [-0.15, -0.1) is 0 Å². The van der Waals surface area contributed by atoms with Gasteiger partial charge in [-0.2, -0.15) is 4.39 Å². The normalized spacial score (nSPS) is 9.86. The topological polar surface area (TPSA) is 52.4 Å². The molecule has 76 valence electrons. The zero-order valence-electron chi connectivity index (χ0n) is 7.07. The van der Waals surface area contributed by atoms with Gasteiger partial charge < -0.3 is 4.74 Å². The van der Waals surface area contributed by atoms with Crippen molar-refractivity contribution < 1.29 is 14.1 Å². The van der Waals surface area contributed by atoms with E-state index in [-0.39, 0.29) is 5.75 Å². The van der Waals surface area contributed by atoms with Crippen molar-refractivity contribution >= 4 is 21.6 Å². The van der Waals surface area contributed by atoms with Gasteiger partial charge in [-0.3, -0.25) is 10.1 Å². The number of hydrogen-bond donors (Lipinski definition) is 0. The lowest BCUT2D eigenvalue weighted by molar-refractivity contribution is -0.387. The molecular weight excluding hydrogens is 257 g/mol. The Balaban J connectivity index is 2.83. The Morgan fingerprint density at radius 2 is 2.29 bits per heavy atom. The molecule has 0 saturated carbocycles. The molecule has 0 heterocycles. The van der Waals surface area contributed by atoms with Crippen LogP contribution in [0.15, 0.2) is 18.2 Å². The van der Waals surface area contributed by atoms with E-state index >= 15 is 0 Å². The van der Waals surface area contributed by atoms with Crippen LogP contribution in [0.4, 0.5) is 10.1 Å². The molecule has 0 aromatic heterocycles. The lowest BCUT2D eigenvalue weighted by Crippen LogP contribution is -1.99. The molecular formula is C8H7BrFNO3. The van der Waals surface area contributed by atoms with Crippen LogP contribution in [0.25, 0.3) is 0 Å². The average molecular weight is 264 g/mol. The molecule has 0 N–H and O–H groups in total. The van der Waals surface area contributed by atoms with Gasteiger partial charge in [0.05, 0.1) is 11.5 Å². The fourth-order valence-electron chi connectivity index (χ4n) is 0.882. The molecule has 0 unspecified atom stereocenters. The second kappa shape index (κ2) is 4.90. The first-order valence-electron chi connectivity index (χ1n) is 3.78. The fourth-order valence-corrected chi connectivity index (χ4v) is 1.04. The second-order valence-corrected chi connectivity index (χ2v) is 3.20. The Morgan fingerprint density at radius 1 is 1.57 bits per heavy atom. The number of hydrogen-bond acceptors (Lipinski definition) is 3. The molecule has 4 nitrogen and oxygen atoms in total. The minimum absolute atomic E-state index is 0.285. The summed E-state index contributed by atoms with van der Waals surface area (Å²) in [5, 5.41) is 10.9. The SMILES string of the molecule is O=[N+]([O-])c1ccc(OCCBr)cc1F. The molecule has 0 aliphatic rings. The van der Waals surface area contributed by atoms with Crippen molar-refractivity contribution in [1.82, 2.24) is 0 Å². The maximum absolute atomic E-state index is 13.0. The molecule has 0 amide bonds. The fraction of sp³-hybridized carbons (Fsp3) is 0.250. The van der Waals surface area contributed by atoms with Gasteiger partial charge in [0.1, 0.15) is 5.75 Å². The smallest absolute Gasteiger partial charge is 0.305 e. The van der Waals surface area contributed by atoms with E-state index in [0.717, 1.165) is 12.1 Å². The number of halogens is 2. The molecule has 1 aromatic rings. The zero-order valence-corrected chi connectivity index (χ0v) is 8.66. The number of nitrogens with zero attached hydrogens (tertiary/aromatic N) is 1. The summed E-state index contributed by atoms with van der Waals surface area (Å²) in [6, 6.07) is 3.45. The van der Waals surface area contributed by atoms with E-state index in [1.54, 1.807) is 0 Å². The van der Waals surface area contributed by atoms with Crippen molar-refractivity contribution in [2.24, 2.45) is 0 Å². The third-order valence-electron chi connectivity index (χ3n) is 1.46. The predicted molar refractivity (Wildman–Crippen MR) is 52.3 cm³/mol. The van der Waals surface area contributed by atoms with Gasteiger partial charge in [0.25, 0.3) is 0 Å².